The van der Waals surface area contributed by atoms with Gasteiger partial charge >= 0.3 is 6.09 Å². The molecule has 1 aliphatic rings. The van der Waals surface area contributed by atoms with Crippen molar-refractivity contribution >= 4 is 17.8 Å². The molecule has 1 fully saturated rings. The highest BCUT2D eigenvalue weighted by atomic mass is 16.5. The maximum atomic E-state index is 11.4. The molecule has 1 N–H and O–H groups in total. The van der Waals surface area contributed by atoms with Gasteiger partial charge in [0, 0.05) is 19.9 Å². The van der Waals surface area contributed by atoms with E-state index in [1.165, 1.54) is 18.9 Å². The molecule has 0 aromatic carbocycles. The molecule has 1 atom stereocenters. The minimum atomic E-state index is -0.602. The van der Waals surface area contributed by atoms with Crippen LogP contribution in [0, 0.1) is 0 Å². The predicted molar refractivity (Wildman–Crippen MR) is 51.2 cm³/mol. The van der Waals surface area contributed by atoms with Crippen molar-refractivity contribution in [2.45, 2.75) is 19.4 Å². The van der Waals surface area contributed by atoms with E-state index in [1.807, 2.05) is 0 Å². The Balaban J connectivity index is 2.59. The Morgan fingerprint density at radius 2 is 2.20 bits per heavy atom. The number of hydrogen-bond acceptors (Lipinski definition) is 4. The van der Waals surface area contributed by atoms with Gasteiger partial charge in [-0.05, 0) is 0 Å². The quantitative estimate of drug-likeness (QED) is 0.640. The monoisotopic (exact) mass is 214 g/mol. The van der Waals surface area contributed by atoms with E-state index in [4.69, 9.17) is 0 Å². The smallest absolute Gasteiger partial charge is 0.409 e. The van der Waals surface area contributed by atoms with Crippen LogP contribution in [0.1, 0.15) is 13.3 Å². The average molecular weight is 214 g/mol. The molecular weight excluding hydrogens is 200 g/mol. The molecule has 1 aliphatic heterocycles. The maximum Gasteiger partial charge on any atom is 0.409 e. The van der Waals surface area contributed by atoms with E-state index in [0.717, 1.165) is 0 Å². The fourth-order valence-corrected chi connectivity index (χ4v) is 1.50. The van der Waals surface area contributed by atoms with Crippen LogP contribution in [-0.4, -0.2) is 48.9 Å². The van der Waals surface area contributed by atoms with Crippen LogP contribution in [0.3, 0.4) is 0 Å². The van der Waals surface area contributed by atoms with E-state index in [1.54, 1.807) is 0 Å². The lowest BCUT2D eigenvalue weighted by Crippen LogP contribution is -2.54. The summed E-state index contributed by atoms with van der Waals surface area (Å²) in [5, 5.41) is 2.50. The number of piperidine rings is 1. The molecule has 0 aliphatic carbocycles. The van der Waals surface area contributed by atoms with E-state index in [9.17, 15) is 14.4 Å². The van der Waals surface area contributed by atoms with Crippen LogP contribution >= 0.6 is 0 Å². The molecule has 0 radical (unpaired) electrons. The van der Waals surface area contributed by atoms with Crippen LogP contribution < -0.4 is 5.32 Å². The number of nitrogens with zero attached hydrogens (tertiary/aromatic N) is 1. The second-order valence-electron chi connectivity index (χ2n) is 3.39. The SMILES string of the molecule is COC(=O)N1CCC(=O)[C@H](NC(C)=O)C1. The van der Waals surface area contributed by atoms with Gasteiger partial charge in [-0.2, -0.15) is 0 Å². The van der Waals surface area contributed by atoms with Gasteiger partial charge in [-0.15, -0.1) is 0 Å². The lowest BCUT2D eigenvalue weighted by atomic mass is 10.0. The molecule has 0 bridgehead atoms. The van der Waals surface area contributed by atoms with Gasteiger partial charge in [-0.1, -0.05) is 0 Å². The van der Waals surface area contributed by atoms with Gasteiger partial charge < -0.3 is 15.0 Å². The van der Waals surface area contributed by atoms with Gasteiger partial charge in [0.25, 0.3) is 0 Å². The van der Waals surface area contributed by atoms with E-state index >= 15 is 0 Å². The average Bonchev–Trinajstić information content (AvgIpc) is 2.19. The third-order valence-electron chi connectivity index (χ3n) is 2.23. The van der Waals surface area contributed by atoms with E-state index in [0.29, 0.717) is 6.54 Å². The molecule has 6 heteroatoms. The number of nitrogens with one attached hydrogen (secondary N) is 1. The minimum absolute atomic E-state index is 0.0506. The lowest BCUT2D eigenvalue weighted by Gasteiger charge is -2.30. The van der Waals surface area contributed by atoms with Crippen molar-refractivity contribution in [2.24, 2.45) is 0 Å². The summed E-state index contributed by atoms with van der Waals surface area (Å²) >= 11 is 0. The number of hydrogen-bond donors (Lipinski definition) is 1. The first-order valence-electron chi connectivity index (χ1n) is 4.67. The van der Waals surface area contributed by atoms with Crippen LogP contribution in [-0.2, 0) is 14.3 Å². The number of rotatable bonds is 1. The summed E-state index contributed by atoms with van der Waals surface area (Å²) < 4.78 is 4.54. The summed E-state index contributed by atoms with van der Waals surface area (Å²) in [6, 6.07) is -0.602. The number of ketones is 1. The number of ether oxygens (including phenoxy) is 1. The van der Waals surface area contributed by atoms with Gasteiger partial charge in [0.1, 0.15) is 6.04 Å². The molecule has 15 heavy (non-hydrogen) atoms. The molecule has 1 rings (SSSR count). The first kappa shape index (κ1) is 11.5. The number of carbonyl (C=O) groups is 3. The highest BCUT2D eigenvalue weighted by Gasteiger charge is 2.30. The number of methoxy groups -OCH3 is 1. The van der Waals surface area contributed by atoms with Crippen molar-refractivity contribution < 1.29 is 19.1 Å². The zero-order valence-electron chi connectivity index (χ0n) is 8.78. The van der Waals surface area contributed by atoms with Crippen molar-refractivity contribution in [3.63, 3.8) is 0 Å². The Bertz CT molecular complexity index is 290. The molecule has 1 heterocycles. The normalized spacial score (nSPS) is 21.1. The third kappa shape index (κ3) is 2.93. The minimum Gasteiger partial charge on any atom is -0.453 e. The topological polar surface area (TPSA) is 75.7 Å². The van der Waals surface area contributed by atoms with Gasteiger partial charge in [-0.3, -0.25) is 9.59 Å². The van der Waals surface area contributed by atoms with Gasteiger partial charge in [-0.25, -0.2) is 4.79 Å². The Kier molecular flexibility index (Phi) is 3.65. The number of amides is 2. The fourth-order valence-electron chi connectivity index (χ4n) is 1.50. The highest BCUT2D eigenvalue weighted by molar-refractivity contribution is 5.90. The summed E-state index contributed by atoms with van der Waals surface area (Å²) in [6.45, 7) is 1.87. The molecule has 0 aromatic rings. The first-order valence-corrected chi connectivity index (χ1v) is 4.67. The van der Waals surface area contributed by atoms with Crippen molar-refractivity contribution in [1.82, 2.24) is 10.2 Å². The van der Waals surface area contributed by atoms with Crippen molar-refractivity contribution in [1.29, 1.82) is 0 Å². The molecule has 0 aromatic heterocycles. The van der Waals surface area contributed by atoms with E-state index < -0.39 is 12.1 Å². The third-order valence-corrected chi connectivity index (χ3v) is 2.23. The van der Waals surface area contributed by atoms with Crippen molar-refractivity contribution in [3.05, 3.63) is 0 Å². The molecule has 84 valence electrons. The van der Waals surface area contributed by atoms with Crippen molar-refractivity contribution in [3.8, 4) is 0 Å². The summed E-state index contributed by atoms with van der Waals surface area (Å²) in [5.74, 6) is -0.328. The second kappa shape index (κ2) is 4.77. The van der Waals surface area contributed by atoms with Crippen LogP contribution in [0.15, 0.2) is 0 Å². The van der Waals surface area contributed by atoms with Crippen LogP contribution in [0.4, 0.5) is 4.79 Å². The molecule has 2 amide bonds. The summed E-state index contributed by atoms with van der Waals surface area (Å²) in [6.07, 6.45) is -0.224. The standard InChI is InChI=1S/C9H14N2O4/c1-6(12)10-7-5-11(9(14)15-2)4-3-8(7)13/h7H,3-5H2,1-2H3,(H,10,12)/t7-/m1/s1. The largest absolute Gasteiger partial charge is 0.453 e. The summed E-state index contributed by atoms with van der Waals surface area (Å²) in [4.78, 5) is 34.8. The Morgan fingerprint density at radius 1 is 1.53 bits per heavy atom. The molecule has 6 nitrogen and oxygen atoms in total. The molecule has 0 saturated carbocycles. The zero-order chi connectivity index (χ0) is 11.4. The van der Waals surface area contributed by atoms with Crippen LogP contribution in [0.5, 0.6) is 0 Å². The maximum absolute atomic E-state index is 11.4. The fraction of sp³-hybridized carbons (Fsp3) is 0.667. The number of likely N-dealkylation sites (tertiary alicyclic amines) is 1. The van der Waals surface area contributed by atoms with Crippen molar-refractivity contribution in [2.75, 3.05) is 20.2 Å². The zero-order valence-corrected chi connectivity index (χ0v) is 8.78. The van der Waals surface area contributed by atoms with Gasteiger partial charge in [0.15, 0.2) is 5.78 Å². The second-order valence-corrected chi connectivity index (χ2v) is 3.39. The van der Waals surface area contributed by atoms with E-state index in [-0.39, 0.29) is 24.7 Å². The molecule has 1 saturated heterocycles. The number of Topliss-reactive ketones (excluding diaryl/α,β-unsaturated/α-hetero) is 1. The van der Waals surface area contributed by atoms with Crippen LogP contribution in [0.25, 0.3) is 0 Å². The first-order chi connectivity index (χ1) is 7.04. The Labute approximate surface area is 87.6 Å². The predicted octanol–water partition coefficient (Wildman–Crippen LogP) is -0.468. The molecule has 0 spiro atoms. The Hall–Kier alpha value is -1.59. The molecular formula is C9H14N2O4. The Morgan fingerprint density at radius 3 is 2.73 bits per heavy atom. The van der Waals surface area contributed by atoms with Crippen LogP contribution in [0.2, 0.25) is 0 Å². The van der Waals surface area contributed by atoms with Gasteiger partial charge in [0.05, 0.1) is 13.7 Å². The van der Waals surface area contributed by atoms with E-state index in [2.05, 4.69) is 10.1 Å². The lowest BCUT2D eigenvalue weighted by molar-refractivity contribution is -0.128. The molecule has 0 unspecified atom stereocenters. The summed E-state index contributed by atoms with van der Waals surface area (Å²) in [5.41, 5.74) is 0. The van der Waals surface area contributed by atoms with Gasteiger partial charge in [0.2, 0.25) is 5.91 Å². The highest BCUT2D eigenvalue weighted by Crippen LogP contribution is 2.07. The number of carbonyl (C=O) groups excluding carboxylic acids is 3. The summed E-state index contributed by atoms with van der Waals surface area (Å²) in [7, 11) is 1.28.